The number of benzene rings is 1. The first-order chi connectivity index (χ1) is 7.91. The number of aliphatic hydroxyl groups excluding tert-OH is 1. The Balaban J connectivity index is 2.92. The monoisotopic (exact) mass is 242 g/mol. The summed E-state index contributed by atoms with van der Waals surface area (Å²) in [6.45, 7) is 2.02. The van der Waals surface area contributed by atoms with Crippen molar-refractivity contribution in [3.8, 4) is 0 Å². The Morgan fingerprint density at radius 3 is 2.76 bits per heavy atom. The smallest absolute Gasteiger partial charge is 0.276 e. The predicted molar refractivity (Wildman–Crippen MR) is 61.1 cm³/mol. The molecule has 6 heteroatoms. The summed E-state index contributed by atoms with van der Waals surface area (Å²) in [6.07, 6.45) is -0.564. The van der Waals surface area contributed by atoms with E-state index in [9.17, 15) is 19.6 Å². The van der Waals surface area contributed by atoms with Gasteiger partial charge in [-0.15, -0.1) is 0 Å². The maximum absolute atomic E-state index is 13.5. The van der Waals surface area contributed by atoms with Crippen molar-refractivity contribution >= 4 is 5.69 Å². The van der Waals surface area contributed by atoms with E-state index in [1.807, 2.05) is 0 Å². The number of hydrogen-bond donors (Lipinski definition) is 1. The number of nitrogens with zero attached hydrogens (tertiary/aromatic N) is 2. The van der Waals surface area contributed by atoms with Crippen LogP contribution in [-0.2, 0) is 6.54 Å². The van der Waals surface area contributed by atoms with Crippen LogP contribution in [0.3, 0.4) is 0 Å². The Morgan fingerprint density at radius 1 is 1.59 bits per heavy atom. The first-order valence-electron chi connectivity index (χ1n) is 5.20. The zero-order valence-electron chi connectivity index (χ0n) is 9.76. The number of nitro groups is 1. The Morgan fingerprint density at radius 2 is 2.24 bits per heavy atom. The van der Waals surface area contributed by atoms with Gasteiger partial charge in [0, 0.05) is 19.2 Å². The zero-order chi connectivity index (χ0) is 13.0. The van der Waals surface area contributed by atoms with Gasteiger partial charge in [0.1, 0.15) is 5.82 Å². The average Bonchev–Trinajstić information content (AvgIpc) is 2.19. The molecule has 0 spiro atoms. The summed E-state index contributed by atoms with van der Waals surface area (Å²) in [4.78, 5) is 11.8. The topological polar surface area (TPSA) is 66.6 Å². The highest BCUT2D eigenvalue weighted by Crippen LogP contribution is 2.22. The van der Waals surface area contributed by atoms with Crippen molar-refractivity contribution in [3.63, 3.8) is 0 Å². The Bertz CT molecular complexity index is 410. The van der Waals surface area contributed by atoms with Gasteiger partial charge < -0.3 is 5.11 Å². The summed E-state index contributed by atoms with van der Waals surface area (Å²) < 4.78 is 13.5. The molecule has 0 aliphatic carbocycles. The van der Waals surface area contributed by atoms with Crippen LogP contribution in [-0.4, -0.2) is 34.6 Å². The molecule has 0 bridgehead atoms. The zero-order valence-corrected chi connectivity index (χ0v) is 9.76. The largest absolute Gasteiger partial charge is 0.392 e. The van der Waals surface area contributed by atoms with E-state index >= 15 is 0 Å². The number of nitro benzene ring substituents is 1. The van der Waals surface area contributed by atoms with Crippen LogP contribution in [0.25, 0.3) is 0 Å². The third kappa shape index (κ3) is 3.76. The van der Waals surface area contributed by atoms with E-state index in [1.165, 1.54) is 18.2 Å². The fourth-order valence-corrected chi connectivity index (χ4v) is 1.66. The quantitative estimate of drug-likeness (QED) is 0.628. The van der Waals surface area contributed by atoms with Crippen molar-refractivity contribution in [1.29, 1.82) is 0 Å². The molecule has 0 saturated carbocycles. The third-order valence-corrected chi connectivity index (χ3v) is 2.29. The summed E-state index contributed by atoms with van der Waals surface area (Å²) in [5.41, 5.74) is -0.192. The van der Waals surface area contributed by atoms with Crippen molar-refractivity contribution in [2.45, 2.75) is 19.6 Å². The van der Waals surface area contributed by atoms with Crippen LogP contribution in [0.1, 0.15) is 12.5 Å². The Kier molecular flexibility index (Phi) is 4.53. The van der Waals surface area contributed by atoms with E-state index in [2.05, 4.69) is 0 Å². The molecule has 17 heavy (non-hydrogen) atoms. The summed E-state index contributed by atoms with van der Waals surface area (Å²) in [6, 6.07) is 3.78. The maximum atomic E-state index is 13.5. The van der Waals surface area contributed by atoms with Crippen molar-refractivity contribution in [2.75, 3.05) is 13.6 Å². The van der Waals surface area contributed by atoms with Crippen LogP contribution in [0.5, 0.6) is 0 Å². The predicted octanol–water partition coefficient (Wildman–Crippen LogP) is 1.55. The average molecular weight is 242 g/mol. The molecule has 0 radical (unpaired) electrons. The van der Waals surface area contributed by atoms with Gasteiger partial charge in [0.2, 0.25) is 0 Å². The normalized spacial score (nSPS) is 12.8. The molecule has 0 aromatic heterocycles. The third-order valence-electron chi connectivity index (χ3n) is 2.29. The molecule has 0 unspecified atom stereocenters. The van der Waals surface area contributed by atoms with E-state index in [1.54, 1.807) is 18.9 Å². The van der Waals surface area contributed by atoms with Crippen LogP contribution < -0.4 is 0 Å². The minimum Gasteiger partial charge on any atom is -0.392 e. The molecule has 0 aliphatic rings. The summed E-state index contributed by atoms with van der Waals surface area (Å²) in [5, 5.41) is 19.9. The maximum Gasteiger partial charge on any atom is 0.276 e. The molecular weight excluding hydrogens is 227 g/mol. The van der Waals surface area contributed by atoms with E-state index in [4.69, 9.17) is 0 Å². The molecule has 94 valence electrons. The van der Waals surface area contributed by atoms with Crippen molar-refractivity contribution in [3.05, 3.63) is 39.7 Å². The van der Waals surface area contributed by atoms with Crippen molar-refractivity contribution in [1.82, 2.24) is 4.90 Å². The van der Waals surface area contributed by atoms with E-state index in [0.29, 0.717) is 6.54 Å². The van der Waals surface area contributed by atoms with E-state index in [-0.39, 0.29) is 17.8 Å². The van der Waals surface area contributed by atoms with Gasteiger partial charge in [0.05, 0.1) is 16.6 Å². The van der Waals surface area contributed by atoms with Gasteiger partial charge in [-0.05, 0) is 20.0 Å². The minimum atomic E-state index is -0.603. The Hall–Kier alpha value is -1.53. The van der Waals surface area contributed by atoms with Crippen LogP contribution in [0.2, 0.25) is 0 Å². The summed E-state index contributed by atoms with van der Waals surface area (Å²) >= 11 is 0. The van der Waals surface area contributed by atoms with Crippen LogP contribution in [0.15, 0.2) is 18.2 Å². The molecule has 5 nitrogen and oxygen atoms in total. The molecule has 0 saturated heterocycles. The van der Waals surface area contributed by atoms with E-state index in [0.717, 1.165) is 0 Å². The van der Waals surface area contributed by atoms with Gasteiger partial charge in [-0.1, -0.05) is 6.07 Å². The lowest BCUT2D eigenvalue weighted by molar-refractivity contribution is -0.385. The summed E-state index contributed by atoms with van der Waals surface area (Å²) in [7, 11) is 1.67. The number of halogens is 1. The molecule has 1 atom stereocenters. The molecule has 0 amide bonds. The molecular formula is C11H15FN2O3. The Labute approximate surface area is 98.6 Å². The molecule has 0 fully saturated rings. The van der Waals surface area contributed by atoms with Crippen molar-refractivity contribution in [2.24, 2.45) is 0 Å². The second-order valence-corrected chi connectivity index (χ2v) is 4.04. The lowest BCUT2D eigenvalue weighted by atomic mass is 10.1. The van der Waals surface area contributed by atoms with Crippen LogP contribution >= 0.6 is 0 Å². The highest BCUT2D eigenvalue weighted by molar-refractivity contribution is 5.40. The number of hydrogen-bond acceptors (Lipinski definition) is 4. The van der Waals surface area contributed by atoms with Gasteiger partial charge in [-0.2, -0.15) is 0 Å². The highest BCUT2D eigenvalue weighted by Gasteiger charge is 2.19. The lowest BCUT2D eigenvalue weighted by Gasteiger charge is -2.18. The molecule has 1 aromatic carbocycles. The second-order valence-electron chi connectivity index (χ2n) is 4.04. The molecule has 0 heterocycles. The van der Waals surface area contributed by atoms with Gasteiger partial charge in [-0.25, -0.2) is 4.39 Å². The van der Waals surface area contributed by atoms with Gasteiger partial charge in [0.25, 0.3) is 5.69 Å². The number of aliphatic hydroxyl groups is 1. The fraction of sp³-hybridized carbons (Fsp3) is 0.455. The minimum absolute atomic E-state index is 0.0423. The lowest BCUT2D eigenvalue weighted by Crippen LogP contribution is -2.27. The van der Waals surface area contributed by atoms with Crippen LogP contribution in [0.4, 0.5) is 10.1 Å². The number of rotatable bonds is 5. The second kappa shape index (κ2) is 5.70. The molecule has 1 rings (SSSR count). The fourth-order valence-electron chi connectivity index (χ4n) is 1.66. The SMILES string of the molecule is C[C@@H](O)CN(C)Cc1c(F)cccc1[N+](=O)[O-]. The van der Waals surface area contributed by atoms with Gasteiger partial charge >= 0.3 is 0 Å². The van der Waals surface area contributed by atoms with Crippen LogP contribution in [0, 0.1) is 15.9 Å². The van der Waals surface area contributed by atoms with E-state index < -0.39 is 16.8 Å². The standard InChI is InChI=1S/C11H15FN2O3/c1-8(15)6-13(2)7-9-10(12)4-3-5-11(9)14(16)17/h3-5,8,15H,6-7H2,1-2H3/t8-/m1/s1. The first kappa shape index (κ1) is 13.5. The molecule has 1 N–H and O–H groups in total. The molecule has 0 aliphatic heterocycles. The van der Waals surface area contributed by atoms with Gasteiger partial charge in [-0.3, -0.25) is 15.0 Å². The van der Waals surface area contributed by atoms with Gasteiger partial charge in [0.15, 0.2) is 0 Å². The highest BCUT2D eigenvalue weighted by atomic mass is 19.1. The molecule has 1 aromatic rings. The first-order valence-corrected chi connectivity index (χ1v) is 5.20. The summed E-state index contributed by atoms with van der Waals surface area (Å²) in [5.74, 6) is -0.600. The number of likely N-dealkylation sites (N-methyl/N-ethyl adjacent to an activating group) is 1. The van der Waals surface area contributed by atoms with Crippen molar-refractivity contribution < 1.29 is 14.4 Å².